The molecule has 0 amide bonds. The summed E-state index contributed by atoms with van der Waals surface area (Å²) in [5.41, 5.74) is 0. The molecule has 0 aromatic heterocycles. The number of aliphatic hydroxyl groups excluding tert-OH is 1. The first-order chi connectivity index (χ1) is 5.79. The molecule has 0 aromatic carbocycles. The van der Waals surface area contributed by atoms with E-state index >= 15 is 0 Å². The van der Waals surface area contributed by atoms with Gasteiger partial charge in [-0.05, 0) is 23.8 Å². The quantitative estimate of drug-likeness (QED) is 0.659. The number of methoxy groups -OCH3 is 1. The number of hydrogen-bond acceptors (Lipinski definition) is 4. The highest BCUT2D eigenvalue weighted by Crippen LogP contribution is 2.30. The average molecular weight is 190 g/mol. The van der Waals surface area contributed by atoms with E-state index in [1.807, 2.05) is 11.8 Å². The maximum Gasteiger partial charge on any atom is 0.311 e. The van der Waals surface area contributed by atoms with E-state index in [1.165, 1.54) is 7.11 Å². The Balaban J connectivity index is 2.48. The van der Waals surface area contributed by atoms with Gasteiger partial charge in [0.15, 0.2) is 0 Å². The molecule has 0 saturated carbocycles. The number of thioether (sulfide) groups is 1. The molecule has 70 valence electrons. The Kier molecular flexibility index (Phi) is 3.88. The molecule has 1 fully saturated rings. The lowest BCUT2D eigenvalue weighted by atomic mass is 9.93. The van der Waals surface area contributed by atoms with Gasteiger partial charge in [-0.25, -0.2) is 0 Å². The minimum atomic E-state index is -0.301. The Morgan fingerprint density at radius 3 is 3.00 bits per heavy atom. The molecule has 2 unspecified atom stereocenters. The van der Waals surface area contributed by atoms with E-state index in [0.717, 1.165) is 17.9 Å². The summed E-state index contributed by atoms with van der Waals surface area (Å²) < 4.78 is 4.61. The van der Waals surface area contributed by atoms with Crippen LogP contribution in [0.1, 0.15) is 6.42 Å². The smallest absolute Gasteiger partial charge is 0.311 e. The van der Waals surface area contributed by atoms with Crippen molar-refractivity contribution in [2.24, 2.45) is 11.8 Å². The number of carbonyl (C=O) groups is 1. The predicted molar refractivity (Wildman–Crippen MR) is 48.0 cm³/mol. The largest absolute Gasteiger partial charge is 0.469 e. The third-order valence-corrected chi connectivity index (χ3v) is 3.42. The molecule has 1 saturated heterocycles. The first-order valence-corrected chi connectivity index (χ1v) is 5.21. The van der Waals surface area contributed by atoms with Gasteiger partial charge in [-0.2, -0.15) is 11.8 Å². The number of esters is 1. The summed E-state index contributed by atoms with van der Waals surface area (Å²) in [7, 11) is 1.37. The van der Waals surface area contributed by atoms with Crippen molar-refractivity contribution in [1.82, 2.24) is 0 Å². The third kappa shape index (κ3) is 2.14. The maximum absolute atomic E-state index is 11.1. The molecule has 0 spiro atoms. The molecule has 0 aliphatic carbocycles. The van der Waals surface area contributed by atoms with Crippen molar-refractivity contribution >= 4 is 17.7 Å². The molecule has 2 atom stereocenters. The van der Waals surface area contributed by atoms with Crippen molar-refractivity contribution in [3.05, 3.63) is 0 Å². The maximum atomic E-state index is 11.1. The van der Waals surface area contributed by atoms with E-state index < -0.39 is 0 Å². The fourth-order valence-corrected chi connectivity index (χ4v) is 2.78. The van der Waals surface area contributed by atoms with Crippen molar-refractivity contribution in [1.29, 1.82) is 0 Å². The highest BCUT2D eigenvalue weighted by atomic mass is 32.2. The number of rotatable bonds is 3. The van der Waals surface area contributed by atoms with Crippen molar-refractivity contribution in [3.63, 3.8) is 0 Å². The van der Waals surface area contributed by atoms with Crippen molar-refractivity contribution in [3.8, 4) is 0 Å². The van der Waals surface area contributed by atoms with E-state index in [9.17, 15) is 4.79 Å². The summed E-state index contributed by atoms with van der Waals surface area (Å²) in [6.07, 6.45) is 1.02. The molecule has 0 aromatic rings. The van der Waals surface area contributed by atoms with Gasteiger partial charge in [0.1, 0.15) is 0 Å². The monoisotopic (exact) mass is 190 g/mol. The summed E-state index contributed by atoms with van der Waals surface area (Å²) in [4.78, 5) is 11.1. The summed E-state index contributed by atoms with van der Waals surface area (Å²) in [6.45, 7) is -0.0854. The van der Waals surface area contributed by atoms with Crippen LogP contribution in [0.4, 0.5) is 0 Å². The normalized spacial score (nSPS) is 25.3. The number of carbonyl (C=O) groups excluding carboxylic acids is 1. The standard InChI is InChI=1S/C8H14O3S/c1-11-8(10)7(4-9)6-2-3-12-5-6/h6-7,9H,2-5H2,1H3. The van der Waals surface area contributed by atoms with Gasteiger partial charge in [0, 0.05) is 0 Å². The first-order valence-electron chi connectivity index (χ1n) is 4.06. The molecular formula is C8H14O3S. The van der Waals surface area contributed by atoms with Crippen LogP contribution in [-0.2, 0) is 9.53 Å². The molecule has 1 rings (SSSR count). The lowest BCUT2D eigenvalue weighted by Crippen LogP contribution is -2.28. The Hall–Kier alpha value is -0.220. The molecular weight excluding hydrogens is 176 g/mol. The summed E-state index contributed by atoms with van der Waals surface area (Å²) >= 11 is 1.83. The Labute approximate surface area is 76.5 Å². The summed E-state index contributed by atoms with van der Waals surface area (Å²) in [5.74, 6) is 1.81. The zero-order valence-electron chi connectivity index (χ0n) is 7.16. The molecule has 12 heavy (non-hydrogen) atoms. The van der Waals surface area contributed by atoms with E-state index in [0.29, 0.717) is 5.92 Å². The first kappa shape index (κ1) is 9.86. The molecule has 1 N–H and O–H groups in total. The zero-order valence-corrected chi connectivity index (χ0v) is 7.97. The topological polar surface area (TPSA) is 46.5 Å². The Morgan fingerprint density at radius 2 is 2.58 bits per heavy atom. The van der Waals surface area contributed by atoms with Crippen molar-refractivity contribution < 1.29 is 14.6 Å². The molecule has 0 radical (unpaired) electrons. The van der Waals surface area contributed by atoms with E-state index in [-0.39, 0.29) is 18.5 Å². The minimum absolute atomic E-state index is 0.0854. The van der Waals surface area contributed by atoms with E-state index in [2.05, 4.69) is 4.74 Å². The second-order valence-electron chi connectivity index (χ2n) is 2.94. The van der Waals surface area contributed by atoms with Crippen LogP contribution in [0.3, 0.4) is 0 Å². The minimum Gasteiger partial charge on any atom is -0.469 e. The summed E-state index contributed by atoms with van der Waals surface area (Å²) in [6, 6.07) is 0. The van der Waals surface area contributed by atoms with Crippen LogP contribution in [0.15, 0.2) is 0 Å². The van der Waals surface area contributed by atoms with E-state index in [4.69, 9.17) is 5.11 Å². The molecule has 0 bridgehead atoms. The lowest BCUT2D eigenvalue weighted by Gasteiger charge is -2.17. The van der Waals surface area contributed by atoms with Crippen LogP contribution in [0.5, 0.6) is 0 Å². The van der Waals surface area contributed by atoms with Gasteiger partial charge < -0.3 is 9.84 Å². The highest BCUT2D eigenvalue weighted by Gasteiger charge is 2.30. The van der Waals surface area contributed by atoms with Crippen molar-refractivity contribution in [2.75, 3.05) is 25.2 Å². The number of ether oxygens (including phenoxy) is 1. The van der Waals surface area contributed by atoms with Gasteiger partial charge in [-0.15, -0.1) is 0 Å². The van der Waals surface area contributed by atoms with Crippen LogP contribution < -0.4 is 0 Å². The third-order valence-electron chi connectivity index (χ3n) is 2.23. The van der Waals surface area contributed by atoms with Crippen LogP contribution in [0.2, 0.25) is 0 Å². The van der Waals surface area contributed by atoms with Gasteiger partial charge >= 0.3 is 5.97 Å². The van der Waals surface area contributed by atoms with Gasteiger partial charge in [-0.1, -0.05) is 0 Å². The zero-order chi connectivity index (χ0) is 8.97. The Bertz CT molecular complexity index is 154. The van der Waals surface area contributed by atoms with Crippen LogP contribution in [-0.4, -0.2) is 36.3 Å². The molecule has 1 aliphatic heterocycles. The Morgan fingerprint density at radius 1 is 1.83 bits per heavy atom. The fourth-order valence-electron chi connectivity index (χ4n) is 1.44. The fraction of sp³-hybridized carbons (Fsp3) is 0.875. The van der Waals surface area contributed by atoms with Gasteiger partial charge in [-0.3, -0.25) is 4.79 Å². The van der Waals surface area contributed by atoms with Crippen LogP contribution >= 0.6 is 11.8 Å². The van der Waals surface area contributed by atoms with Crippen molar-refractivity contribution in [2.45, 2.75) is 6.42 Å². The summed E-state index contributed by atoms with van der Waals surface area (Å²) in [5, 5.41) is 8.98. The van der Waals surface area contributed by atoms with Gasteiger partial charge in [0.05, 0.1) is 19.6 Å². The average Bonchev–Trinajstić information content (AvgIpc) is 2.58. The lowest BCUT2D eigenvalue weighted by molar-refractivity contribution is -0.148. The second-order valence-corrected chi connectivity index (χ2v) is 4.09. The molecule has 1 heterocycles. The van der Waals surface area contributed by atoms with Crippen LogP contribution in [0.25, 0.3) is 0 Å². The van der Waals surface area contributed by atoms with Gasteiger partial charge in [0.25, 0.3) is 0 Å². The molecule has 1 aliphatic rings. The van der Waals surface area contributed by atoms with E-state index in [1.54, 1.807) is 0 Å². The van der Waals surface area contributed by atoms with Crippen LogP contribution in [0, 0.1) is 11.8 Å². The van der Waals surface area contributed by atoms with Gasteiger partial charge in [0.2, 0.25) is 0 Å². The second kappa shape index (κ2) is 4.72. The SMILES string of the molecule is COC(=O)C(CO)C1CCSC1. The number of aliphatic hydroxyl groups is 1. The molecule has 4 heteroatoms. The molecule has 3 nitrogen and oxygen atoms in total. The number of hydrogen-bond donors (Lipinski definition) is 1. The predicted octanol–water partition coefficient (Wildman–Crippen LogP) is 0.521. The highest BCUT2D eigenvalue weighted by molar-refractivity contribution is 7.99.